The van der Waals surface area contributed by atoms with Gasteiger partial charge in [0.25, 0.3) is 0 Å². The molecule has 1 aliphatic heterocycles. The summed E-state index contributed by atoms with van der Waals surface area (Å²) in [4.78, 5) is 24.0. The Balaban J connectivity index is 1.90. The van der Waals surface area contributed by atoms with Crippen LogP contribution < -0.4 is 10.2 Å². The Morgan fingerprint density at radius 2 is 2.00 bits per heavy atom. The predicted molar refractivity (Wildman–Crippen MR) is 84.4 cm³/mol. The third kappa shape index (κ3) is 4.58. The van der Waals surface area contributed by atoms with Gasteiger partial charge in [-0.05, 0) is 12.3 Å². The predicted octanol–water partition coefficient (Wildman–Crippen LogP) is 1.60. The molecule has 21 heavy (non-hydrogen) atoms. The lowest BCUT2D eigenvalue weighted by molar-refractivity contribution is -0.129. The average molecular weight is 291 g/mol. The molecule has 1 aromatic heterocycles. The standard InChI is InChI=1S/C15H25N5O/c1-12(2)4-5-16-14-10-15(18-11-17-14)20-8-6-19(7-9-20)13(3)21/h10-12H,4-9H2,1-3H3,(H,16,17,18). The maximum atomic E-state index is 11.3. The second-order valence-corrected chi connectivity index (χ2v) is 5.86. The van der Waals surface area contributed by atoms with Gasteiger partial charge in [-0.15, -0.1) is 0 Å². The van der Waals surface area contributed by atoms with Gasteiger partial charge in [0.2, 0.25) is 5.91 Å². The van der Waals surface area contributed by atoms with Crippen molar-refractivity contribution >= 4 is 17.5 Å². The van der Waals surface area contributed by atoms with Crippen LogP contribution in [0.1, 0.15) is 27.2 Å². The third-order valence-electron chi connectivity index (χ3n) is 3.73. The van der Waals surface area contributed by atoms with Crippen molar-refractivity contribution in [2.75, 3.05) is 42.9 Å². The summed E-state index contributed by atoms with van der Waals surface area (Å²) in [6.07, 6.45) is 2.72. The number of rotatable bonds is 5. The van der Waals surface area contributed by atoms with Gasteiger partial charge in [0.1, 0.15) is 18.0 Å². The van der Waals surface area contributed by atoms with Gasteiger partial charge in [-0.25, -0.2) is 9.97 Å². The minimum Gasteiger partial charge on any atom is -0.370 e. The van der Waals surface area contributed by atoms with Crippen molar-refractivity contribution in [3.8, 4) is 0 Å². The van der Waals surface area contributed by atoms with Crippen LogP contribution in [-0.4, -0.2) is 53.5 Å². The van der Waals surface area contributed by atoms with Crippen molar-refractivity contribution < 1.29 is 4.79 Å². The molecule has 116 valence electrons. The summed E-state index contributed by atoms with van der Waals surface area (Å²) in [7, 11) is 0. The Bertz CT molecular complexity index is 469. The maximum Gasteiger partial charge on any atom is 0.219 e. The molecule has 1 aromatic rings. The van der Waals surface area contributed by atoms with Crippen LogP contribution in [0.3, 0.4) is 0 Å². The quantitative estimate of drug-likeness (QED) is 0.893. The van der Waals surface area contributed by atoms with Crippen LogP contribution in [0, 0.1) is 5.92 Å². The van der Waals surface area contributed by atoms with Crippen LogP contribution in [0.2, 0.25) is 0 Å². The molecule has 0 unspecified atom stereocenters. The SMILES string of the molecule is CC(=O)N1CCN(c2cc(NCCC(C)C)ncn2)CC1. The molecule has 0 bridgehead atoms. The Labute approximate surface area is 126 Å². The summed E-state index contributed by atoms with van der Waals surface area (Å²) in [5.74, 6) is 2.63. The Morgan fingerprint density at radius 3 is 2.62 bits per heavy atom. The van der Waals surface area contributed by atoms with Crippen LogP contribution in [0.15, 0.2) is 12.4 Å². The fraction of sp³-hybridized carbons (Fsp3) is 0.667. The Morgan fingerprint density at radius 1 is 1.29 bits per heavy atom. The van der Waals surface area contributed by atoms with Crippen LogP contribution in [0.4, 0.5) is 11.6 Å². The number of nitrogens with one attached hydrogen (secondary N) is 1. The molecule has 0 aromatic carbocycles. The molecule has 1 fully saturated rings. The minimum absolute atomic E-state index is 0.147. The van der Waals surface area contributed by atoms with Crippen LogP contribution in [0.25, 0.3) is 0 Å². The first-order valence-corrected chi connectivity index (χ1v) is 7.62. The number of piperazine rings is 1. The highest BCUT2D eigenvalue weighted by Crippen LogP contribution is 2.16. The van der Waals surface area contributed by atoms with Crippen molar-refractivity contribution in [3.63, 3.8) is 0 Å². The van der Waals surface area contributed by atoms with Gasteiger partial charge in [-0.3, -0.25) is 4.79 Å². The first kappa shape index (κ1) is 15.5. The van der Waals surface area contributed by atoms with Gasteiger partial charge in [0, 0.05) is 45.7 Å². The van der Waals surface area contributed by atoms with Crippen LogP contribution >= 0.6 is 0 Å². The highest BCUT2D eigenvalue weighted by molar-refractivity contribution is 5.73. The molecule has 6 nitrogen and oxygen atoms in total. The fourth-order valence-electron chi connectivity index (χ4n) is 2.36. The largest absolute Gasteiger partial charge is 0.370 e. The number of carbonyl (C=O) groups is 1. The molecule has 2 heterocycles. The number of anilines is 2. The van der Waals surface area contributed by atoms with E-state index in [0.29, 0.717) is 5.92 Å². The zero-order valence-corrected chi connectivity index (χ0v) is 13.2. The van der Waals surface area contributed by atoms with Gasteiger partial charge in [0.05, 0.1) is 0 Å². The van der Waals surface area contributed by atoms with E-state index < -0.39 is 0 Å². The monoisotopic (exact) mass is 291 g/mol. The molecule has 0 aliphatic carbocycles. The second kappa shape index (κ2) is 7.24. The normalized spacial score (nSPS) is 15.4. The zero-order chi connectivity index (χ0) is 15.2. The number of aromatic nitrogens is 2. The summed E-state index contributed by atoms with van der Waals surface area (Å²) >= 11 is 0. The zero-order valence-electron chi connectivity index (χ0n) is 13.2. The smallest absolute Gasteiger partial charge is 0.219 e. The number of carbonyl (C=O) groups excluding carboxylic acids is 1. The summed E-state index contributed by atoms with van der Waals surface area (Å²) in [6.45, 7) is 10.1. The molecular formula is C15H25N5O. The maximum absolute atomic E-state index is 11.3. The van der Waals surface area contributed by atoms with E-state index in [2.05, 4.69) is 34.0 Å². The van der Waals surface area contributed by atoms with Crippen LogP contribution in [-0.2, 0) is 4.79 Å². The molecule has 1 N–H and O–H groups in total. The molecule has 0 atom stereocenters. The number of amides is 1. The molecule has 1 saturated heterocycles. The van der Waals surface area contributed by atoms with E-state index in [-0.39, 0.29) is 5.91 Å². The lowest BCUT2D eigenvalue weighted by atomic mass is 10.1. The molecule has 0 spiro atoms. The molecule has 2 rings (SSSR count). The molecular weight excluding hydrogens is 266 g/mol. The van der Waals surface area contributed by atoms with E-state index >= 15 is 0 Å². The van der Waals surface area contributed by atoms with Gasteiger partial charge in [0.15, 0.2) is 0 Å². The topological polar surface area (TPSA) is 61.4 Å². The first-order valence-electron chi connectivity index (χ1n) is 7.62. The summed E-state index contributed by atoms with van der Waals surface area (Å²) < 4.78 is 0. The van der Waals surface area contributed by atoms with E-state index in [1.807, 2.05) is 11.0 Å². The number of nitrogens with zero attached hydrogens (tertiary/aromatic N) is 4. The van der Waals surface area contributed by atoms with E-state index in [4.69, 9.17) is 0 Å². The van der Waals surface area contributed by atoms with Gasteiger partial charge < -0.3 is 15.1 Å². The van der Waals surface area contributed by atoms with Crippen molar-refractivity contribution in [1.29, 1.82) is 0 Å². The van der Waals surface area contributed by atoms with Crippen molar-refractivity contribution in [3.05, 3.63) is 12.4 Å². The molecule has 6 heteroatoms. The van der Waals surface area contributed by atoms with Crippen molar-refractivity contribution in [2.45, 2.75) is 27.2 Å². The second-order valence-electron chi connectivity index (χ2n) is 5.86. The Hall–Kier alpha value is -1.85. The Kier molecular flexibility index (Phi) is 5.36. The molecule has 1 amide bonds. The summed E-state index contributed by atoms with van der Waals surface area (Å²) in [6, 6.07) is 1.99. The molecule has 0 radical (unpaired) electrons. The van der Waals surface area contributed by atoms with E-state index in [1.54, 1.807) is 13.3 Å². The molecule has 1 aliphatic rings. The average Bonchev–Trinajstić information content (AvgIpc) is 2.47. The van der Waals surface area contributed by atoms with E-state index in [9.17, 15) is 4.79 Å². The molecule has 0 saturated carbocycles. The minimum atomic E-state index is 0.147. The third-order valence-corrected chi connectivity index (χ3v) is 3.73. The van der Waals surface area contributed by atoms with E-state index in [0.717, 1.165) is 50.8 Å². The number of hydrogen-bond acceptors (Lipinski definition) is 5. The van der Waals surface area contributed by atoms with Gasteiger partial charge >= 0.3 is 0 Å². The first-order chi connectivity index (χ1) is 10.1. The van der Waals surface area contributed by atoms with Crippen molar-refractivity contribution in [2.24, 2.45) is 5.92 Å². The lowest BCUT2D eigenvalue weighted by Gasteiger charge is -2.34. The summed E-state index contributed by atoms with van der Waals surface area (Å²) in [5, 5.41) is 3.34. The van der Waals surface area contributed by atoms with Gasteiger partial charge in [-0.2, -0.15) is 0 Å². The van der Waals surface area contributed by atoms with Crippen LogP contribution in [0.5, 0.6) is 0 Å². The number of hydrogen-bond donors (Lipinski definition) is 1. The van der Waals surface area contributed by atoms with Crippen molar-refractivity contribution in [1.82, 2.24) is 14.9 Å². The highest BCUT2D eigenvalue weighted by Gasteiger charge is 2.19. The lowest BCUT2D eigenvalue weighted by Crippen LogP contribution is -2.48. The fourth-order valence-corrected chi connectivity index (χ4v) is 2.36. The summed E-state index contributed by atoms with van der Waals surface area (Å²) in [5.41, 5.74) is 0. The van der Waals surface area contributed by atoms with Gasteiger partial charge in [-0.1, -0.05) is 13.8 Å². The van der Waals surface area contributed by atoms with E-state index in [1.165, 1.54) is 0 Å². The highest BCUT2D eigenvalue weighted by atomic mass is 16.2.